The van der Waals surface area contributed by atoms with Crippen molar-refractivity contribution in [3.8, 4) is 0 Å². The fourth-order valence-corrected chi connectivity index (χ4v) is 2.32. The molecule has 0 radical (unpaired) electrons. The highest BCUT2D eigenvalue weighted by Gasteiger charge is 2.46. The van der Waals surface area contributed by atoms with E-state index < -0.39 is 5.97 Å². The SMILES string of the molecule is CN1CCN(C2(CC(=O)O)CNC2)CC1=O. The molecule has 6 nitrogen and oxygen atoms in total. The van der Waals surface area contributed by atoms with Crippen LogP contribution in [0.1, 0.15) is 6.42 Å². The van der Waals surface area contributed by atoms with Crippen molar-refractivity contribution in [1.82, 2.24) is 15.1 Å². The van der Waals surface area contributed by atoms with E-state index in [-0.39, 0.29) is 17.9 Å². The van der Waals surface area contributed by atoms with Crippen LogP contribution in [0.3, 0.4) is 0 Å². The second kappa shape index (κ2) is 4.03. The summed E-state index contributed by atoms with van der Waals surface area (Å²) < 4.78 is 0. The molecule has 0 aromatic rings. The second-order valence-corrected chi connectivity index (χ2v) is 4.64. The van der Waals surface area contributed by atoms with E-state index in [4.69, 9.17) is 5.11 Å². The van der Waals surface area contributed by atoms with Crippen molar-refractivity contribution in [2.75, 3.05) is 39.8 Å². The molecule has 1 amide bonds. The van der Waals surface area contributed by atoms with E-state index in [1.807, 2.05) is 4.90 Å². The van der Waals surface area contributed by atoms with E-state index in [1.165, 1.54) is 0 Å². The predicted octanol–water partition coefficient (Wildman–Crippen LogP) is -1.42. The molecule has 90 valence electrons. The van der Waals surface area contributed by atoms with Crippen LogP contribution < -0.4 is 5.32 Å². The Morgan fingerprint density at radius 3 is 2.62 bits per heavy atom. The summed E-state index contributed by atoms with van der Waals surface area (Å²) in [6.45, 7) is 3.11. The minimum Gasteiger partial charge on any atom is -0.481 e. The molecule has 0 aromatic heterocycles. The number of carbonyl (C=O) groups excluding carboxylic acids is 1. The number of likely N-dealkylation sites (N-methyl/N-ethyl adjacent to an activating group) is 1. The average Bonchev–Trinajstić information content (AvgIpc) is 2.16. The third-order valence-electron chi connectivity index (χ3n) is 3.52. The second-order valence-electron chi connectivity index (χ2n) is 4.64. The number of hydrogen-bond acceptors (Lipinski definition) is 4. The summed E-state index contributed by atoms with van der Waals surface area (Å²) in [6.07, 6.45) is 0.108. The summed E-state index contributed by atoms with van der Waals surface area (Å²) in [7, 11) is 1.78. The van der Waals surface area contributed by atoms with Crippen LogP contribution in [0.15, 0.2) is 0 Å². The van der Waals surface area contributed by atoms with Crippen molar-refractivity contribution in [2.24, 2.45) is 0 Å². The van der Waals surface area contributed by atoms with Crippen molar-refractivity contribution in [2.45, 2.75) is 12.0 Å². The predicted molar refractivity (Wildman–Crippen MR) is 57.1 cm³/mol. The van der Waals surface area contributed by atoms with Gasteiger partial charge >= 0.3 is 5.97 Å². The third kappa shape index (κ3) is 1.90. The molecule has 0 aromatic carbocycles. The lowest BCUT2D eigenvalue weighted by Gasteiger charge is -2.51. The highest BCUT2D eigenvalue weighted by Crippen LogP contribution is 2.26. The summed E-state index contributed by atoms with van der Waals surface area (Å²) in [5.41, 5.74) is -0.344. The molecular weight excluding hydrogens is 210 g/mol. The van der Waals surface area contributed by atoms with Crippen LogP contribution in [-0.2, 0) is 9.59 Å². The van der Waals surface area contributed by atoms with Crippen LogP contribution in [-0.4, -0.2) is 72.1 Å². The minimum atomic E-state index is -0.798. The van der Waals surface area contributed by atoms with Gasteiger partial charge < -0.3 is 15.3 Å². The van der Waals surface area contributed by atoms with E-state index in [2.05, 4.69) is 5.32 Å². The van der Waals surface area contributed by atoms with Crippen molar-refractivity contribution in [3.05, 3.63) is 0 Å². The van der Waals surface area contributed by atoms with Gasteiger partial charge in [0.15, 0.2) is 0 Å². The summed E-state index contributed by atoms with van der Waals surface area (Å²) in [5, 5.41) is 12.0. The van der Waals surface area contributed by atoms with Crippen LogP contribution in [0.4, 0.5) is 0 Å². The summed E-state index contributed by atoms with van der Waals surface area (Å²) in [4.78, 5) is 26.1. The molecule has 2 N–H and O–H groups in total. The Morgan fingerprint density at radius 2 is 2.19 bits per heavy atom. The molecule has 6 heteroatoms. The normalized spacial score (nSPS) is 25.3. The summed E-state index contributed by atoms with van der Waals surface area (Å²) >= 11 is 0. The number of hydrogen-bond donors (Lipinski definition) is 2. The van der Waals surface area contributed by atoms with Gasteiger partial charge in [-0.1, -0.05) is 0 Å². The van der Waals surface area contributed by atoms with Crippen LogP contribution in [0, 0.1) is 0 Å². The lowest BCUT2D eigenvalue weighted by atomic mass is 9.86. The first-order valence-electron chi connectivity index (χ1n) is 5.45. The quantitative estimate of drug-likeness (QED) is 0.619. The Hall–Kier alpha value is -1.14. The largest absolute Gasteiger partial charge is 0.481 e. The monoisotopic (exact) mass is 227 g/mol. The average molecular weight is 227 g/mol. The molecule has 2 rings (SSSR count). The fraction of sp³-hybridized carbons (Fsp3) is 0.800. The molecule has 0 unspecified atom stereocenters. The number of nitrogens with zero attached hydrogens (tertiary/aromatic N) is 2. The van der Waals surface area contributed by atoms with Crippen molar-refractivity contribution >= 4 is 11.9 Å². The molecule has 2 fully saturated rings. The molecule has 0 bridgehead atoms. The van der Waals surface area contributed by atoms with E-state index in [9.17, 15) is 9.59 Å². The molecule has 0 atom stereocenters. The Balaban J connectivity index is 2.04. The highest BCUT2D eigenvalue weighted by atomic mass is 16.4. The Kier molecular flexibility index (Phi) is 2.86. The van der Waals surface area contributed by atoms with E-state index >= 15 is 0 Å². The van der Waals surface area contributed by atoms with Gasteiger partial charge in [0, 0.05) is 33.2 Å². The molecular formula is C10H17N3O3. The van der Waals surface area contributed by atoms with Gasteiger partial charge in [0.25, 0.3) is 0 Å². The zero-order valence-corrected chi connectivity index (χ0v) is 9.40. The van der Waals surface area contributed by atoms with Crippen LogP contribution in [0.5, 0.6) is 0 Å². The maximum atomic E-state index is 11.6. The molecule has 0 spiro atoms. The number of aliphatic carboxylic acids is 1. The van der Waals surface area contributed by atoms with Gasteiger partial charge in [0.2, 0.25) is 5.91 Å². The Labute approximate surface area is 94.2 Å². The topological polar surface area (TPSA) is 72.9 Å². The molecule has 16 heavy (non-hydrogen) atoms. The maximum Gasteiger partial charge on any atom is 0.305 e. The van der Waals surface area contributed by atoms with Gasteiger partial charge in [-0.3, -0.25) is 14.5 Å². The first kappa shape index (κ1) is 11.3. The Bertz CT molecular complexity index is 314. The number of piperazine rings is 1. The van der Waals surface area contributed by atoms with E-state index in [0.717, 1.165) is 6.54 Å². The number of amides is 1. The maximum absolute atomic E-state index is 11.6. The smallest absolute Gasteiger partial charge is 0.305 e. The molecule has 2 saturated heterocycles. The Morgan fingerprint density at radius 1 is 1.50 bits per heavy atom. The minimum absolute atomic E-state index is 0.0721. The standard InChI is InChI=1S/C10H17N3O3/c1-12-2-3-13(5-8(12)14)10(4-9(15)16)6-11-7-10/h11H,2-7H2,1H3,(H,15,16). The highest BCUT2D eigenvalue weighted by molar-refractivity contribution is 5.79. The first-order valence-corrected chi connectivity index (χ1v) is 5.45. The van der Waals surface area contributed by atoms with Gasteiger partial charge in [0.1, 0.15) is 0 Å². The molecule has 2 aliphatic heterocycles. The summed E-state index contributed by atoms with van der Waals surface area (Å²) in [6, 6.07) is 0. The van der Waals surface area contributed by atoms with E-state index in [0.29, 0.717) is 26.2 Å². The number of carboxylic acid groups (broad SMARTS) is 1. The van der Waals surface area contributed by atoms with Gasteiger partial charge in [-0.2, -0.15) is 0 Å². The van der Waals surface area contributed by atoms with Gasteiger partial charge in [0.05, 0.1) is 18.5 Å². The third-order valence-corrected chi connectivity index (χ3v) is 3.52. The zero-order chi connectivity index (χ0) is 11.8. The molecule has 2 heterocycles. The molecule has 0 saturated carbocycles. The first-order chi connectivity index (χ1) is 7.53. The lowest BCUT2D eigenvalue weighted by Crippen LogP contribution is -2.72. The van der Waals surface area contributed by atoms with Crippen molar-refractivity contribution in [1.29, 1.82) is 0 Å². The van der Waals surface area contributed by atoms with Crippen LogP contribution >= 0.6 is 0 Å². The van der Waals surface area contributed by atoms with Crippen molar-refractivity contribution in [3.63, 3.8) is 0 Å². The van der Waals surface area contributed by atoms with Gasteiger partial charge in [-0.05, 0) is 0 Å². The van der Waals surface area contributed by atoms with Crippen LogP contribution in [0.25, 0.3) is 0 Å². The van der Waals surface area contributed by atoms with E-state index in [1.54, 1.807) is 11.9 Å². The zero-order valence-electron chi connectivity index (χ0n) is 9.40. The molecule has 0 aliphatic carbocycles. The lowest BCUT2D eigenvalue weighted by molar-refractivity contribution is -0.147. The molecule has 2 aliphatic rings. The number of rotatable bonds is 3. The number of carbonyl (C=O) groups is 2. The van der Waals surface area contributed by atoms with Gasteiger partial charge in [-0.15, -0.1) is 0 Å². The number of carboxylic acids is 1. The number of nitrogens with one attached hydrogen (secondary N) is 1. The van der Waals surface area contributed by atoms with Crippen LogP contribution in [0.2, 0.25) is 0 Å². The summed E-state index contributed by atoms with van der Waals surface area (Å²) in [5.74, 6) is -0.726. The van der Waals surface area contributed by atoms with Gasteiger partial charge in [-0.25, -0.2) is 0 Å². The fourth-order valence-electron chi connectivity index (χ4n) is 2.32. The van der Waals surface area contributed by atoms with Crippen molar-refractivity contribution < 1.29 is 14.7 Å².